The highest BCUT2D eigenvalue weighted by Gasteiger charge is 2.70. The number of aliphatic hydroxyl groups excluding tert-OH is 1. The average Bonchev–Trinajstić information content (AvgIpc) is 3.07. The number of nitrogens with zero attached hydrogens (tertiary/aromatic N) is 3. The van der Waals surface area contributed by atoms with Gasteiger partial charge < -0.3 is 10.4 Å². The number of aliphatic hydroxyl groups is 1. The first-order valence-electron chi connectivity index (χ1n) is 10.3. The molecule has 0 radical (unpaired) electrons. The summed E-state index contributed by atoms with van der Waals surface area (Å²) in [7, 11) is 0. The van der Waals surface area contributed by atoms with Gasteiger partial charge >= 0.3 is 0 Å². The van der Waals surface area contributed by atoms with E-state index >= 15 is 0 Å². The highest BCUT2D eigenvalue weighted by Crippen LogP contribution is 2.68. The van der Waals surface area contributed by atoms with Crippen LogP contribution in [0, 0.1) is 11.3 Å². The molecule has 1 saturated carbocycles. The minimum Gasteiger partial charge on any atom is -0.391 e. The van der Waals surface area contributed by atoms with Crippen molar-refractivity contribution in [3.63, 3.8) is 0 Å². The quantitative estimate of drug-likeness (QED) is 0.584. The smallest absolute Gasteiger partial charge is 0.254 e. The van der Waals surface area contributed by atoms with Crippen LogP contribution in [0.1, 0.15) is 27.4 Å². The zero-order valence-corrected chi connectivity index (χ0v) is 16.6. The second-order valence-corrected chi connectivity index (χ2v) is 8.35. The number of hydrogen-bond acceptors (Lipinski definition) is 5. The number of carbonyl (C=O) groups excluding carboxylic acids is 1. The summed E-state index contributed by atoms with van der Waals surface area (Å²) in [5, 5.41) is 20.7. The van der Waals surface area contributed by atoms with Crippen LogP contribution in [0.15, 0.2) is 67.3 Å². The van der Waals surface area contributed by atoms with Gasteiger partial charge in [0, 0.05) is 50.2 Å². The van der Waals surface area contributed by atoms with Gasteiger partial charge in [-0.05, 0) is 29.0 Å². The first-order chi connectivity index (χ1) is 14.7. The van der Waals surface area contributed by atoms with Crippen molar-refractivity contribution in [3.05, 3.63) is 83.9 Å². The molecule has 3 aromatic rings. The zero-order chi connectivity index (χ0) is 20.6. The standard InChI is InChI=1S/C23H25N5O2/c29-20-14-28(13-16-5-4-8-24-9-16)15-23(20)19(21(23)17-6-2-1-3-7-17)12-25-22(30)18-10-26-27-11-18/h1-11,19-21,29H,12-15H2,(H,25,30)(H,26,27)/t19-,20-,21-,23-/m1/s1. The average molecular weight is 403 g/mol. The number of β-amino-alcohol motifs (C(OH)–C–C–N with tert-alkyl or cyclic N) is 1. The maximum Gasteiger partial charge on any atom is 0.254 e. The van der Waals surface area contributed by atoms with Crippen LogP contribution < -0.4 is 5.32 Å². The Labute approximate surface area is 175 Å². The molecule has 4 atom stereocenters. The molecule has 1 aromatic carbocycles. The van der Waals surface area contributed by atoms with Crippen LogP contribution in [0.25, 0.3) is 0 Å². The Kier molecular flexibility index (Phi) is 4.84. The van der Waals surface area contributed by atoms with Crippen molar-refractivity contribution < 1.29 is 9.90 Å². The fourth-order valence-corrected chi connectivity index (χ4v) is 5.24. The lowest BCUT2D eigenvalue weighted by molar-refractivity contribution is 0.0939. The minimum atomic E-state index is -0.435. The molecule has 1 spiro atoms. The molecule has 1 amide bonds. The highest BCUT2D eigenvalue weighted by atomic mass is 16.3. The number of benzene rings is 1. The van der Waals surface area contributed by atoms with Gasteiger partial charge in [-0.15, -0.1) is 0 Å². The van der Waals surface area contributed by atoms with Crippen LogP contribution in [0.4, 0.5) is 0 Å². The van der Waals surface area contributed by atoms with Gasteiger partial charge in [-0.2, -0.15) is 5.10 Å². The third-order valence-electron chi connectivity index (χ3n) is 6.64. The Hall–Kier alpha value is -3.03. The van der Waals surface area contributed by atoms with Gasteiger partial charge in [0.1, 0.15) is 0 Å². The molecule has 154 valence electrons. The number of rotatable bonds is 6. The van der Waals surface area contributed by atoms with Gasteiger partial charge in [-0.25, -0.2) is 0 Å². The van der Waals surface area contributed by atoms with Crippen LogP contribution in [0.5, 0.6) is 0 Å². The predicted octanol–water partition coefficient (Wildman–Crippen LogP) is 1.81. The number of carbonyl (C=O) groups is 1. The maximum atomic E-state index is 12.4. The fourth-order valence-electron chi connectivity index (χ4n) is 5.24. The van der Waals surface area contributed by atoms with Crippen molar-refractivity contribution >= 4 is 5.91 Å². The summed E-state index contributed by atoms with van der Waals surface area (Å²) in [6, 6.07) is 14.3. The molecular weight excluding hydrogens is 378 g/mol. The molecule has 2 aliphatic rings. The number of amides is 1. The Morgan fingerprint density at radius 1 is 1.23 bits per heavy atom. The van der Waals surface area contributed by atoms with E-state index in [1.807, 2.05) is 30.5 Å². The van der Waals surface area contributed by atoms with E-state index in [2.05, 4.69) is 43.6 Å². The second-order valence-electron chi connectivity index (χ2n) is 8.35. The van der Waals surface area contributed by atoms with Crippen molar-refractivity contribution in [1.82, 2.24) is 25.4 Å². The van der Waals surface area contributed by atoms with E-state index in [-0.39, 0.29) is 23.2 Å². The Balaban J connectivity index is 1.34. The van der Waals surface area contributed by atoms with Crippen molar-refractivity contribution in [3.8, 4) is 0 Å². The summed E-state index contributed by atoms with van der Waals surface area (Å²) in [6.45, 7) is 2.73. The molecule has 3 heterocycles. The lowest BCUT2D eigenvalue weighted by Crippen LogP contribution is -2.30. The van der Waals surface area contributed by atoms with Gasteiger partial charge in [-0.1, -0.05) is 36.4 Å². The second kappa shape index (κ2) is 7.66. The van der Waals surface area contributed by atoms with E-state index in [0.29, 0.717) is 18.7 Å². The van der Waals surface area contributed by atoms with Crippen LogP contribution in [0.2, 0.25) is 0 Å². The number of aromatic nitrogens is 3. The van der Waals surface area contributed by atoms with E-state index in [0.717, 1.165) is 18.7 Å². The van der Waals surface area contributed by atoms with Crippen molar-refractivity contribution in [2.24, 2.45) is 11.3 Å². The number of aromatic amines is 1. The molecule has 1 aliphatic heterocycles. The number of H-pyrrole nitrogens is 1. The van der Waals surface area contributed by atoms with Crippen molar-refractivity contribution in [2.75, 3.05) is 19.6 Å². The summed E-state index contributed by atoms with van der Waals surface area (Å²) < 4.78 is 0. The molecule has 5 rings (SSSR count). The Morgan fingerprint density at radius 3 is 2.83 bits per heavy atom. The predicted molar refractivity (Wildman–Crippen MR) is 112 cm³/mol. The van der Waals surface area contributed by atoms with Crippen molar-refractivity contribution in [1.29, 1.82) is 0 Å². The normalized spacial score (nSPS) is 28.0. The van der Waals surface area contributed by atoms with E-state index in [4.69, 9.17) is 0 Å². The SMILES string of the molecule is O=C(NC[C@@H]1[C@@H](c2ccccc2)[C@]12CN(Cc1cccnc1)C[C@H]2O)c1cn[nH]c1. The van der Waals surface area contributed by atoms with Crippen LogP contribution >= 0.6 is 0 Å². The highest BCUT2D eigenvalue weighted by molar-refractivity contribution is 5.93. The Bertz CT molecular complexity index is 995. The number of pyridine rings is 1. The van der Waals surface area contributed by atoms with Crippen LogP contribution in [-0.4, -0.2) is 56.8 Å². The summed E-state index contributed by atoms with van der Waals surface area (Å²) in [5.41, 5.74) is 2.64. The number of nitrogens with one attached hydrogen (secondary N) is 2. The molecular formula is C23H25N5O2. The molecule has 1 aliphatic carbocycles. The summed E-state index contributed by atoms with van der Waals surface area (Å²) >= 11 is 0. The molecule has 3 N–H and O–H groups in total. The van der Waals surface area contributed by atoms with Crippen LogP contribution in [0.3, 0.4) is 0 Å². The largest absolute Gasteiger partial charge is 0.391 e. The zero-order valence-electron chi connectivity index (χ0n) is 16.6. The molecule has 2 aromatic heterocycles. The molecule has 30 heavy (non-hydrogen) atoms. The van der Waals surface area contributed by atoms with E-state index in [9.17, 15) is 9.90 Å². The number of likely N-dealkylation sites (tertiary alicyclic amines) is 1. The third-order valence-corrected chi connectivity index (χ3v) is 6.64. The summed E-state index contributed by atoms with van der Waals surface area (Å²) in [6.07, 6.45) is 6.32. The molecule has 1 saturated heterocycles. The van der Waals surface area contributed by atoms with Crippen molar-refractivity contribution in [2.45, 2.75) is 18.6 Å². The molecule has 2 fully saturated rings. The first-order valence-corrected chi connectivity index (χ1v) is 10.3. The minimum absolute atomic E-state index is 0.141. The monoisotopic (exact) mass is 403 g/mol. The molecule has 7 heteroatoms. The summed E-state index contributed by atoms with van der Waals surface area (Å²) in [5.74, 6) is 0.263. The topological polar surface area (TPSA) is 94.1 Å². The van der Waals surface area contributed by atoms with E-state index < -0.39 is 6.10 Å². The molecule has 7 nitrogen and oxygen atoms in total. The van der Waals surface area contributed by atoms with Gasteiger partial charge in [0.25, 0.3) is 5.91 Å². The third kappa shape index (κ3) is 3.30. The maximum absolute atomic E-state index is 12.4. The van der Waals surface area contributed by atoms with E-state index in [1.54, 1.807) is 12.4 Å². The fraction of sp³-hybridized carbons (Fsp3) is 0.348. The Morgan fingerprint density at radius 2 is 2.10 bits per heavy atom. The molecule has 0 bridgehead atoms. The lowest BCUT2D eigenvalue weighted by Gasteiger charge is -2.16. The lowest BCUT2D eigenvalue weighted by atomic mass is 9.95. The molecule has 0 unspecified atom stereocenters. The van der Waals surface area contributed by atoms with Gasteiger partial charge in [0.2, 0.25) is 0 Å². The van der Waals surface area contributed by atoms with Crippen LogP contribution in [-0.2, 0) is 6.54 Å². The first kappa shape index (κ1) is 19.0. The summed E-state index contributed by atoms with van der Waals surface area (Å²) in [4.78, 5) is 18.9. The van der Waals surface area contributed by atoms with Gasteiger partial charge in [0.05, 0.1) is 17.9 Å². The van der Waals surface area contributed by atoms with Gasteiger partial charge in [-0.3, -0.25) is 19.8 Å². The number of hydrogen-bond donors (Lipinski definition) is 3. The van der Waals surface area contributed by atoms with Gasteiger partial charge in [0.15, 0.2) is 0 Å². The van der Waals surface area contributed by atoms with E-state index in [1.165, 1.54) is 11.8 Å².